The van der Waals surface area contributed by atoms with Crippen LogP contribution in [0, 0.1) is 6.92 Å². The van der Waals surface area contributed by atoms with Crippen LogP contribution in [0.4, 0.5) is 11.6 Å². The van der Waals surface area contributed by atoms with Gasteiger partial charge in [-0.25, -0.2) is 18.4 Å². The number of piperidine rings is 1. The molecule has 0 radical (unpaired) electrons. The van der Waals surface area contributed by atoms with E-state index in [1.54, 1.807) is 24.4 Å². The lowest BCUT2D eigenvalue weighted by Crippen LogP contribution is -2.39. The van der Waals surface area contributed by atoms with E-state index in [4.69, 9.17) is 0 Å². The summed E-state index contributed by atoms with van der Waals surface area (Å²) in [6.07, 6.45) is 4.92. The zero-order valence-corrected chi connectivity index (χ0v) is 14.8. The SMILES string of the molecule is Cc1ccnc(NC2CCN(c3cccc(S(C)(=O)=O)c3)CC2)n1. The molecule has 0 saturated carbocycles. The summed E-state index contributed by atoms with van der Waals surface area (Å²) in [5, 5.41) is 3.38. The number of anilines is 2. The van der Waals surface area contributed by atoms with E-state index in [2.05, 4.69) is 20.2 Å². The molecule has 2 aromatic rings. The molecule has 6 nitrogen and oxygen atoms in total. The molecular weight excluding hydrogens is 324 g/mol. The van der Waals surface area contributed by atoms with Crippen molar-refractivity contribution in [3.05, 3.63) is 42.2 Å². The summed E-state index contributed by atoms with van der Waals surface area (Å²) in [5.74, 6) is 0.674. The fraction of sp³-hybridized carbons (Fsp3) is 0.412. The number of aryl methyl sites for hydroxylation is 1. The standard InChI is InChI=1S/C17H22N4O2S/c1-13-6-9-18-17(19-13)20-14-7-10-21(11-8-14)15-4-3-5-16(12-15)24(2,22)23/h3-6,9,12,14H,7-8,10-11H2,1-2H3,(H,18,19,20). The van der Waals surface area contributed by atoms with Crippen LogP contribution in [0.2, 0.25) is 0 Å². The highest BCUT2D eigenvalue weighted by Gasteiger charge is 2.21. The number of nitrogens with one attached hydrogen (secondary N) is 1. The number of rotatable bonds is 4. The van der Waals surface area contributed by atoms with Gasteiger partial charge in [-0.15, -0.1) is 0 Å². The Kier molecular flexibility index (Phi) is 4.71. The normalized spacial score (nSPS) is 16.2. The Labute approximate surface area is 142 Å². The number of sulfone groups is 1. The average Bonchev–Trinajstić information content (AvgIpc) is 2.55. The van der Waals surface area contributed by atoms with E-state index < -0.39 is 9.84 Å². The highest BCUT2D eigenvalue weighted by Crippen LogP contribution is 2.24. The van der Waals surface area contributed by atoms with Gasteiger partial charge in [0.1, 0.15) is 0 Å². The molecule has 1 aliphatic rings. The molecule has 24 heavy (non-hydrogen) atoms. The smallest absolute Gasteiger partial charge is 0.223 e. The molecule has 7 heteroatoms. The van der Waals surface area contributed by atoms with E-state index in [-0.39, 0.29) is 0 Å². The number of aromatic nitrogens is 2. The molecule has 1 N–H and O–H groups in total. The second-order valence-electron chi connectivity index (χ2n) is 6.20. The zero-order valence-electron chi connectivity index (χ0n) is 13.9. The second kappa shape index (κ2) is 6.76. The summed E-state index contributed by atoms with van der Waals surface area (Å²) >= 11 is 0. The van der Waals surface area contributed by atoms with Crippen LogP contribution in [0.1, 0.15) is 18.5 Å². The van der Waals surface area contributed by atoms with Gasteiger partial charge in [0.25, 0.3) is 0 Å². The summed E-state index contributed by atoms with van der Waals surface area (Å²) in [6, 6.07) is 9.38. The Balaban J connectivity index is 1.63. The van der Waals surface area contributed by atoms with Crippen molar-refractivity contribution in [3.63, 3.8) is 0 Å². The Morgan fingerprint density at radius 2 is 1.96 bits per heavy atom. The fourth-order valence-electron chi connectivity index (χ4n) is 2.89. The van der Waals surface area contributed by atoms with Gasteiger partial charge in [-0.05, 0) is 44.0 Å². The van der Waals surface area contributed by atoms with Gasteiger partial charge in [0, 0.05) is 43.0 Å². The third-order valence-electron chi connectivity index (χ3n) is 4.23. The molecule has 0 spiro atoms. The van der Waals surface area contributed by atoms with Gasteiger partial charge in [-0.1, -0.05) is 6.07 Å². The second-order valence-corrected chi connectivity index (χ2v) is 8.21. The van der Waals surface area contributed by atoms with Gasteiger partial charge in [0.2, 0.25) is 5.95 Å². The van der Waals surface area contributed by atoms with E-state index in [0.717, 1.165) is 37.3 Å². The maximum absolute atomic E-state index is 11.7. The largest absolute Gasteiger partial charge is 0.371 e. The third-order valence-corrected chi connectivity index (χ3v) is 5.34. The monoisotopic (exact) mass is 346 g/mol. The summed E-state index contributed by atoms with van der Waals surface area (Å²) in [4.78, 5) is 11.2. The van der Waals surface area contributed by atoms with Crippen molar-refractivity contribution in [1.29, 1.82) is 0 Å². The maximum atomic E-state index is 11.7. The van der Waals surface area contributed by atoms with Crippen molar-refractivity contribution in [2.45, 2.75) is 30.7 Å². The molecule has 1 aromatic heterocycles. The Morgan fingerprint density at radius 1 is 1.21 bits per heavy atom. The van der Waals surface area contributed by atoms with Crippen molar-refractivity contribution in [2.24, 2.45) is 0 Å². The third kappa shape index (κ3) is 4.03. The van der Waals surface area contributed by atoms with Crippen LogP contribution in [0.3, 0.4) is 0 Å². The Hall–Kier alpha value is -2.15. The van der Waals surface area contributed by atoms with E-state index in [1.165, 1.54) is 6.26 Å². The molecule has 128 valence electrons. The topological polar surface area (TPSA) is 75.2 Å². The van der Waals surface area contributed by atoms with Gasteiger partial charge in [-0.2, -0.15) is 0 Å². The Bertz CT molecular complexity index is 815. The molecule has 1 saturated heterocycles. The van der Waals surface area contributed by atoms with Gasteiger partial charge >= 0.3 is 0 Å². The lowest BCUT2D eigenvalue weighted by atomic mass is 10.0. The molecule has 0 unspecified atom stereocenters. The lowest BCUT2D eigenvalue weighted by molar-refractivity contribution is 0.523. The van der Waals surface area contributed by atoms with Crippen LogP contribution < -0.4 is 10.2 Å². The van der Waals surface area contributed by atoms with Gasteiger partial charge < -0.3 is 10.2 Å². The maximum Gasteiger partial charge on any atom is 0.223 e. The molecular formula is C17H22N4O2S. The molecule has 1 aromatic carbocycles. The average molecular weight is 346 g/mol. The number of hydrogen-bond donors (Lipinski definition) is 1. The van der Waals surface area contributed by atoms with E-state index in [0.29, 0.717) is 16.9 Å². The molecule has 0 atom stereocenters. The molecule has 0 aliphatic carbocycles. The van der Waals surface area contributed by atoms with Crippen LogP contribution in [0.25, 0.3) is 0 Å². The van der Waals surface area contributed by atoms with Crippen LogP contribution in [-0.2, 0) is 9.84 Å². The van der Waals surface area contributed by atoms with Gasteiger partial charge in [-0.3, -0.25) is 0 Å². The molecule has 1 aliphatic heterocycles. The first-order valence-electron chi connectivity index (χ1n) is 8.03. The molecule has 0 amide bonds. The van der Waals surface area contributed by atoms with E-state index in [1.807, 2.05) is 19.1 Å². The van der Waals surface area contributed by atoms with E-state index >= 15 is 0 Å². The first-order valence-corrected chi connectivity index (χ1v) is 9.92. The van der Waals surface area contributed by atoms with Crippen LogP contribution in [0.5, 0.6) is 0 Å². The lowest BCUT2D eigenvalue weighted by Gasteiger charge is -2.34. The quantitative estimate of drug-likeness (QED) is 0.915. The van der Waals surface area contributed by atoms with Crippen molar-refractivity contribution in [2.75, 3.05) is 29.6 Å². The van der Waals surface area contributed by atoms with Crippen molar-refractivity contribution in [1.82, 2.24) is 9.97 Å². The van der Waals surface area contributed by atoms with Gasteiger partial charge in [0.15, 0.2) is 9.84 Å². The summed E-state index contributed by atoms with van der Waals surface area (Å²) < 4.78 is 23.4. The van der Waals surface area contributed by atoms with Crippen LogP contribution in [0.15, 0.2) is 41.4 Å². The Morgan fingerprint density at radius 3 is 2.62 bits per heavy atom. The highest BCUT2D eigenvalue weighted by molar-refractivity contribution is 7.90. The zero-order chi connectivity index (χ0) is 17.2. The van der Waals surface area contributed by atoms with E-state index in [9.17, 15) is 8.42 Å². The molecule has 2 heterocycles. The first-order chi connectivity index (χ1) is 11.4. The number of benzene rings is 1. The van der Waals surface area contributed by atoms with Crippen molar-refractivity contribution in [3.8, 4) is 0 Å². The predicted molar refractivity (Wildman–Crippen MR) is 95.2 cm³/mol. The summed E-state index contributed by atoms with van der Waals surface area (Å²) in [6.45, 7) is 3.69. The van der Waals surface area contributed by atoms with Gasteiger partial charge in [0.05, 0.1) is 4.90 Å². The predicted octanol–water partition coefficient (Wildman–Crippen LogP) is 2.27. The molecule has 1 fully saturated rings. The molecule has 3 rings (SSSR count). The molecule has 0 bridgehead atoms. The minimum Gasteiger partial charge on any atom is -0.371 e. The highest BCUT2D eigenvalue weighted by atomic mass is 32.2. The number of nitrogens with zero attached hydrogens (tertiary/aromatic N) is 3. The summed E-state index contributed by atoms with van der Waals surface area (Å²) in [5.41, 5.74) is 1.91. The minimum atomic E-state index is -3.18. The van der Waals surface area contributed by atoms with Crippen molar-refractivity contribution < 1.29 is 8.42 Å². The summed E-state index contributed by atoms with van der Waals surface area (Å²) in [7, 11) is -3.18. The van der Waals surface area contributed by atoms with Crippen molar-refractivity contribution >= 4 is 21.5 Å². The fourth-order valence-corrected chi connectivity index (χ4v) is 3.55. The van der Waals surface area contributed by atoms with Crippen LogP contribution >= 0.6 is 0 Å². The van der Waals surface area contributed by atoms with Crippen LogP contribution in [-0.4, -0.2) is 43.8 Å². The first kappa shape index (κ1) is 16.7. The number of hydrogen-bond acceptors (Lipinski definition) is 6. The minimum absolute atomic E-state index is 0.334.